The Labute approximate surface area is 125 Å². The lowest BCUT2D eigenvalue weighted by Crippen LogP contribution is -2.49. The molecule has 1 atom stereocenters. The third-order valence-electron chi connectivity index (χ3n) is 2.76. The molecule has 0 heterocycles. The molecule has 0 fully saturated rings. The van der Waals surface area contributed by atoms with E-state index in [0.717, 1.165) is 10.6 Å². The van der Waals surface area contributed by atoms with E-state index in [2.05, 4.69) is 5.32 Å². The second-order valence-electron chi connectivity index (χ2n) is 4.35. The molecule has 1 aromatic rings. The van der Waals surface area contributed by atoms with E-state index in [4.69, 9.17) is 11.6 Å². The predicted octanol–water partition coefficient (Wildman–Crippen LogP) is 2.02. The van der Waals surface area contributed by atoms with Crippen molar-refractivity contribution in [3.8, 4) is 0 Å². The highest BCUT2D eigenvalue weighted by Crippen LogP contribution is 2.24. The van der Waals surface area contributed by atoms with Gasteiger partial charge in [0.15, 0.2) is 0 Å². The molecule has 0 unspecified atom stereocenters. The molecule has 1 amide bonds. The van der Waals surface area contributed by atoms with E-state index >= 15 is 0 Å². The fraction of sp³-hybridized carbons (Fsp3) is 0.462. The molecular formula is C13H19ClN2O3S. The van der Waals surface area contributed by atoms with Crippen molar-refractivity contribution < 1.29 is 13.2 Å². The van der Waals surface area contributed by atoms with Crippen LogP contribution in [-0.2, 0) is 14.8 Å². The maximum atomic E-state index is 12.1. The Morgan fingerprint density at radius 2 is 1.85 bits per heavy atom. The molecule has 0 saturated carbocycles. The van der Waals surface area contributed by atoms with E-state index in [9.17, 15) is 13.2 Å². The van der Waals surface area contributed by atoms with Crippen LogP contribution in [0.4, 0.5) is 5.69 Å². The Balaban J connectivity index is 3.25. The number of nitrogens with one attached hydrogen (secondary N) is 1. The summed E-state index contributed by atoms with van der Waals surface area (Å²) in [7, 11) is -3.58. The highest BCUT2D eigenvalue weighted by Gasteiger charge is 2.30. The number of carbonyl (C=O) groups excluding carboxylic acids is 1. The SMILES string of the molecule is CCNC(=O)[C@@H](CC)N(c1ccc(Cl)cc1)S(C)(=O)=O. The van der Waals surface area contributed by atoms with Crippen molar-refractivity contribution in [2.45, 2.75) is 26.3 Å². The number of halogens is 1. The molecule has 0 aromatic heterocycles. The van der Waals surface area contributed by atoms with E-state index in [1.54, 1.807) is 38.1 Å². The Hall–Kier alpha value is -1.27. The number of likely N-dealkylation sites (N-methyl/N-ethyl adjacent to an activating group) is 1. The molecule has 7 heteroatoms. The van der Waals surface area contributed by atoms with Crippen LogP contribution in [0.3, 0.4) is 0 Å². The van der Waals surface area contributed by atoms with Gasteiger partial charge in [-0.05, 0) is 37.6 Å². The summed E-state index contributed by atoms with van der Waals surface area (Å²) in [6, 6.07) is 5.60. The number of nitrogens with zero attached hydrogens (tertiary/aromatic N) is 1. The quantitative estimate of drug-likeness (QED) is 0.872. The summed E-state index contributed by atoms with van der Waals surface area (Å²) in [5.74, 6) is -0.310. The molecule has 20 heavy (non-hydrogen) atoms. The van der Waals surface area contributed by atoms with Gasteiger partial charge in [0.2, 0.25) is 15.9 Å². The zero-order valence-electron chi connectivity index (χ0n) is 11.8. The molecule has 0 aliphatic carbocycles. The molecule has 1 N–H and O–H groups in total. The topological polar surface area (TPSA) is 66.5 Å². The summed E-state index contributed by atoms with van der Waals surface area (Å²) < 4.78 is 25.2. The van der Waals surface area contributed by atoms with Gasteiger partial charge >= 0.3 is 0 Å². The van der Waals surface area contributed by atoms with Gasteiger partial charge in [-0.15, -0.1) is 0 Å². The van der Waals surface area contributed by atoms with Crippen LogP contribution in [0.15, 0.2) is 24.3 Å². The summed E-state index contributed by atoms with van der Waals surface area (Å²) in [5.41, 5.74) is 0.426. The highest BCUT2D eigenvalue weighted by molar-refractivity contribution is 7.92. The van der Waals surface area contributed by atoms with E-state index in [-0.39, 0.29) is 5.91 Å². The molecule has 5 nitrogen and oxygen atoms in total. The summed E-state index contributed by atoms with van der Waals surface area (Å²) >= 11 is 5.81. The van der Waals surface area contributed by atoms with Crippen LogP contribution >= 0.6 is 11.6 Å². The average molecular weight is 319 g/mol. The van der Waals surface area contributed by atoms with Gasteiger partial charge in [0.25, 0.3) is 0 Å². The molecular weight excluding hydrogens is 300 g/mol. The lowest BCUT2D eigenvalue weighted by Gasteiger charge is -2.30. The van der Waals surface area contributed by atoms with Crippen molar-refractivity contribution in [3.63, 3.8) is 0 Å². The van der Waals surface area contributed by atoms with Crippen LogP contribution in [0.1, 0.15) is 20.3 Å². The Kier molecular flexibility index (Phi) is 5.83. The van der Waals surface area contributed by atoms with Crippen molar-refractivity contribution >= 4 is 33.2 Å². The van der Waals surface area contributed by atoms with Crippen molar-refractivity contribution in [1.29, 1.82) is 0 Å². The molecule has 0 radical (unpaired) electrons. The lowest BCUT2D eigenvalue weighted by atomic mass is 10.2. The van der Waals surface area contributed by atoms with Gasteiger partial charge in [-0.25, -0.2) is 8.42 Å². The van der Waals surface area contributed by atoms with E-state index in [0.29, 0.717) is 23.7 Å². The first-order chi connectivity index (χ1) is 9.31. The zero-order valence-corrected chi connectivity index (χ0v) is 13.3. The molecule has 1 rings (SSSR count). The van der Waals surface area contributed by atoms with Gasteiger partial charge in [-0.3, -0.25) is 9.10 Å². The fourth-order valence-corrected chi connectivity index (χ4v) is 3.28. The van der Waals surface area contributed by atoms with E-state index in [1.807, 2.05) is 0 Å². The predicted molar refractivity (Wildman–Crippen MR) is 81.5 cm³/mol. The minimum absolute atomic E-state index is 0.310. The Morgan fingerprint density at radius 1 is 1.30 bits per heavy atom. The maximum Gasteiger partial charge on any atom is 0.243 e. The monoisotopic (exact) mass is 318 g/mol. The summed E-state index contributed by atoms with van der Waals surface area (Å²) in [6.45, 7) is 4.01. The van der Waals surface area contributed by atoms with Crippen molar-refractivity contribution in [1.82, 2.24) is 5.32 Å². The van der Waals surface area contributed by atoms with E-state index in [1.165, 1.54) is 0 Å². The van der Waals surface area contributed by atoms with Crippen LogP contribution < -0.4 is 9.62 Å². The molecule has 0 aliphatic heterocycles. The first kappa shape index (κ1) is 16.8. The second kappa shape index (κ2) is 6.95. The summed E-state index contributed by atoms with van der Waals surface area (Å²) in [5, 5.41) is 3.17. The van der Waals surface area contributed by atoms with Gasteiger partial charge in [0.05, 0.1) is 11.9 Å². The summed E-state index contributed by atoms with van der Waals surface area (Å²) in [4.78, 5) is 12.1. The number of rotatable bonds is 6. The van der Waals surface area contributed by atoms with Crippen molar-refractivity contribution in [2.75, 3.05) is 17.1 Å². The molecule has 0 spiro atoms. The maximum absolute atomic E-state index is 12.1. The number of hydrogen-bond acceptors (Lipinski definition) is 3. The van der Waals surface area contributed by atoms with Crippen LogP contribution in [0.5, 0.6) is 0 Å². The molecule has 0 bridgehead atoms. The molecule has 0 saturated heterocycles. The molecule has 112 valence electrons. The molecule has 1 aromatic carbocycles. The number of anilines is 1. The average Bonchev–Trinajstić information content (AvgIpc) is 2.36. The van der Waals surface area contributed by atoms with Gasteiger partial charge in [0, 0.05) is 11.6 Å². The van der Waals surface area contributed by atoms with Gasteiger partial charge in [-0.2, -0.15) is 0 Å². The lowest BCUT2D eigenvalue weighted by molar-refractivity contribution is -0.122. The smallest absolute Gasteiger partial charge is 0.243 e. The van der Waals surface area contributed by atoms with Gasteiger partial charge in [-0.1, -0.05) is 18.5 Å². The van der Waals surface area contributed by atoms with Crippen LogP contribution in [0.2, 0.25) is 5.02 Å². The minimum atomic E-state index is -3.58. The van der Waals surface area contributed by atoms with Crippen LogP contribution in [0.25, 0.3) is 0 Å². The van der Waals surface area contributed by atoms with Gasteiger partial charge in [0.1, 0.15) is 6.04 Å². The zero-order chi connectivity index (χ0) is 15.3. The van der Waals surface area contributed by atoms with E-state index < -0.39 is 16.1 Å². The standard InChI is InChI=1S/C13H19ClN2O3S/c1-4-12(13(17)15-5-2)16(20(3,18)19)11-8-6-10(14)7-9-11/h6-9,12H,4-5H2,1-3H3,(H,15,17)/t12-/m1/s1. The number of amides is 1. The van der Waals surface area contributed by atoms with Crippen molar-refractivity contribution in [3.05, 3.63) is 29.3 Å². The van der Waals surface area contributed by atoms with Crippen LogP contribution in [0, 0.1) is 0 Å². The summed E-state index contributed by atoms with van der Waals surface area (Å²) in [6.07, 6.45) is 1.46. The number of benzene rings is 1. The first-order valence-electron chi connectivity index (χ1n) is 6.34. The third kappa shape index (κ3) is 4.11. The third-order valence-corrected chi connectivity index (χ3v) is 4.19. The van der Waals surface area contributed by atoms with Crippen molar-refractivity contribution in [2.24, 2.45) is 0 Å². The first-order valence-corrected chi connectivity index (χ1v) is 8.56. The Morgan fingerprint density at radius 3 is 2.25 bits per heavy atom. The minimum Gasteiger partial charge on any atom is -0.355 e. The normalized spacial score (nSPS) is 12.8. The number of carbonyl (C=O) groups is 1. The highest BCUT2D eigenvalue weighted by atomic mass is 35.5. The second-order valence-corrected chi connectivity index (χ2v) is 6.65. The molecule has 0 aliphatic rings. The number of hydrogen-bond donors (Lipinski definition) is 1. The number of sulfonamides is 1. The van der Waals surface area contributed by atoms with Gasteiger partial charge < -0.3 is 5.32 Å². The van der Waals surface area contributed by atoms with Crippen LogP contribution in [-0.4, -0.2) is 33.2 Å². The fourth-order valence-electron chi connectivity index (χ4n) is 1.94. The largest absolute Gasteiger partial charge is 0.355 e. The Bertz CT molecular complexity index is 557.